The van der Waals surface area contributed by atoms with E-state index in [9.17, 15) is 4.79 Å². The van der Waals surface area contributed by atoms with Gasteiger partial charge in [-0.3, -0.25) is 4.79 Å². The maximum atomic E-state index is 11.9. The van der Waals surface area contributed by atoms with E-state index in [1.54, 1.807) is 12.1 Å². The number of carbonyl (C=O) groups is 1. The molecule has 1 atom stereocenters. The van der Waals surface area contributed by atoms with Crippen LogP contribution in [0, 0.1) is 0 Å². The van der Waals surface area contributed by atoms with E-state index in [1.165, 1.54) is 0 Å². The fourth-order valence-corrected chi connectivity index (χ4v) is 2.36. The second-order valence-electron chi connectivity index (χ2n) is 4.33. The first-order chi connectivity index (χ1) is 8.66. The van der Waals surface area contributed by atoms with Crippen LogP contribution in [-0.4, -0.2) is 31.6 Å². The molecule has 0 bridgehead atoms. The molecule has 0 aromatic heterocycles. The number of ketones is 1. The molecule has 1 aliphatic heterocycles. The summed E-state index contributed by atoms with van der Waals surface area (Å²) in [6.07, 6.45) is 0.693. The predicted molar refractivity (Wildman–Crippen MR) is 72.4 cm³/mol. The Bertz CT molecular complexity index is 431. The number of benzene rings is 1. The molecule has 18 heavy (non-hydrogen) atoms. The van der Waals surface area contributed by atoms with Crippen molar-refractivity contribution in [2.45, 2.75) is 18.9 Å². The molecule has 3 nitrogen and oxygen atoms in total. The Morgan fingerprint density at radius 1 is 1.44 bits per heavy atom. The van der Waals surface area contributed by atoms with Gasteiger partial charge in [0, 0.05) is 25.9 Å². The van der Waals surface area contributed by atoms with E-state index in [4.69, 9.17) is 27.9 Å². The normalized spacial score (nSPS) is 19.8. The van der Waals surface area contributed by atoms with E-state index in [1.807, 2.05) is 6.07 Å². The topological polar surface area (TPSA) is 38.3 Å². The lowest BCUT2D eigenvalue weighted by molar-refractivity contribution is -0.121. The van der Waals surface area contributed by atoms with Gasteiger partial charge in [0.05, 0.1) is 22.8 Å². The third-order valence-electron chi connectivity index (χ3n) is 2.88. The first-order valence-electron chi connectivity index (χ1n) is 5.93. The predicted octanol–water partition coefficient (Wildman–Crippen LogP) is 2.48. The van der Waals surface area contributed by atoms with Gasteiger partial charge in [0.25, 0.3) is 0 Å². The van der Waals surface area contributed by atoms with Crippen molar-refractivity contribution < 1.29 is 9.53 Å². The smallest absolute Gasteiger partial charge is 0.139 e. The van der Waals surface area contributed by atoms with Crippen LogP contribution >= 0.6 is 23.2 Å². The molecule has 98 valence electrons. The molecule has 0 spiro atoms. The van der Waals surface area contributed by atoms with Crippen LogP contribution in [-0.2, 0) is 16.0 Å². The molecule has 1 aromatic rings. The molecule has 2 rings (SSSR count). The average molecular weight is 288 g/mol. The van der Waals surface area contributed by atoms with Gasteiger partial charge in [0.1, 0.15) is 5.78 Å². The highest BCUT2D eigenvalue weighted by molar-refractivity contribution is 6.42. The minimum absolute atomic E-state index is 0.0239. The van der Waals surface area contributed by atoms with Gasteiger partial charge < -0.3 is 10.1 Å². The second-order valence-corrected chi connectivity index (χ2v) is 5.11. The average Bonchev–Trinajstić information content (AvgIpc) is 2.36. The second kappa shape index (κ2) is 6.53. The van der Waals surface area contributed by atoms with Crippen LogP contribution in [0.15, 0.2) is 18.2 Å². The van der Waals surface area contributed by atoms with Crippen molar-refractivity contribution in [2.24, 2.45) is 0 Å². The zero-order valence-corrected chi connectivity index (χ0v) is 11.4. The van der Waals surface area contributed by atoms with Crippen molar-refractivity contribution >= 4 is 29.0 Å². The van der Waals surface area contributed by atoms with E-state index in [0.29, 0.717) is 29.5 Å². The van der Waals surface area contributed by atoms with Crippen molar-refractivity contribution in [1.82, 2.24) is 5.32 Å². The molecular formula is C13H15Cl2NO2. The summed E-state index contributed by atoms with van der Waals surface area (Å²) in [5.41, 5.74) is 0.776. The zero-order chi connectivity index (χ0) is 13.0. The van der Waals surface area contributed by atoms with Crippen LogP contribution in [0.4, 0.5) is 0 Å². The molecule has 5 heteroatoms. The number of nitrogens with one attached hydrogen (secondary N) is 1. The number of Topliss-reactive ketones (excluding diaryl/α,β-unsaturated/α-hetero) is 1. The number of carbonyl (C=O) groups excluding carboxylic acids is 1. The van der Waals surface area contributed by atoms with Crippen LogP contribution in [0.25, 0.3) is 0 Å². The fourth-order valence-electron chi connectivity index (χ4n) is 1.97. The summed E-state index contributed by atoms with van der Waals surface area (Å²) in [7, 11) is 0. The van der Waals surface area contributed by atoms with Crippen LogP contribution in [0.5, 0.6) is 0 Å². The van der Waals surface area contributed by atoms with Crippen molar-refractivity contribution in [3.8, 4) is 0 Å². The molecule has 1 aliphatic rings. The lowest BCUT2D eigenvalue weighted by Crippen LogP contribution is -2.39. The quantitative estimate of drug-likeness (QED) is 0.925. The van der Waals surface area contributed by atoms with Gasteiger partial charge in [-0.1, -0.05) is 35.3 Å². The van der Waals surface area contributed by atoms with Gasteiger partial charge in [0.2, 0.25) is 0 Å². The molecule has 1 saturated heterocycles. The Morgan fingerprint density at radius 2 is 2.28 bits per heavy atom. The first-order valence-corrected chi connectivity index (χ1v) is 6.69. The summed E-state index contributed by atoms with van der Waals surface area (Å²) in [6.45, 7) is 2.25. The van der Waals surface area contributed by atoms with Crippen LogP contribution in [0.1, 0.15) is 12.0 Å². The number of ether oxygens (including phenoxy) is 1. The minimum Gasteiger partial charge on any atom is -0.375 e. The summed E-state index contributed by atoms with van der Waals surface area (Å²) in [5.74, 6) is 0.118. The SMILES string of the molecule is O=C(Cc1cccc(Cl)c1Cl)CC1CNCCO1. The van der Waals surface area contributed by atoms with E-state index < -0.39 is 0 Å². The largest absolute Gasteiger partial charge is 0.375 e. The van der Waals surface area contributed by atoms with Crippen molar-refractivity contribution in [1.29, 1.82) is 0 Å². The Kier molecular flexibility index (Phi) is 5.01. The summed E-state index contributed by atoms with van der Waals surface area (Å²) in [6, 6.07) is 5.34. The summed E-state index contributed by atoms with van der Waals surface area (Å²) >= 11 is 12.0. The highest BCUT2D eigenvalue weighted by Crippen LogP contribution is 2.26. The van der Waals surface area contributed by atoms with Crippen LogP contribution < -0.4 is 5.32 Å². The van der Waals surface area contributed by atoms with Crippen molar-refractivity contribution in [3.05, 3.63) is 33.8 Å². The Morgan fingerprint density at radius 3 is 3.00 bits per heavy atom. The first kappa shape index (κ1) is 13.8. The van der Waals surface area contributed by atoms with E-state index in [-0.39, 0.29) is 11.9 Å². The number of morpholine rings is 1. The number of rotatable bonds is 4. The monoisotopic (exact) mass is 287 g/mol. The molecule has 1 aromatic carbocycles. The van der Waals surface area contributed by atoms with Gasteiger partial charge >= 0.3 is 0 Å². The van der Waals surface area contributed by atoms with Gasteiger partial charge in [-0.05, 0) is 11.6 Å². The molecule has 0 saturated carbocycles. The number of halogens is 2. The van der Waals surface area contributed by atoms with Gasteiger partial charge in [-0.15, -0.1) is 0 Å². The highest BCUT2D eigenvalue weighted by Gasteiger charge is 2.18. The lowest BCUT2D eigenvalue weighted by atomic mass is 10.0. The molecule has 1 unspecified atom stereocenters. The zero-order valence-electron chi connectivity index (χ0n) is 9.92. The van der Waals surface area contributed by atoms with Gasteiger partial charge in [-0.25, -0.2) is 0 Å². The molecule has 1 fully saturated rings. The number of hydrogen-bond donors (Lipinski definition) is 1. The summed E-state index contributed by atoms with van der Waals surface area (Å²) in [4.78, 5) is 11.9. The maximum Gasteiger partial charge on any atom is 0.139 e. The van der Waals surface area contributed by atoms with E-state index in [2.05, 4.69) is 5.32 Å². The maximum absolute atomic E-state index is 11.9. The van der Waals surface area contributed by atoms with Gasteiger partial charge in [0.15, 0.2) is 0 Å². The molecule has 0 radical (unpaired) electrons. The Hall–Kier alpha value is -0.610. The molecule has 0 amide bonds. The standard InChI is InChI=1S/C13H15Cl2NO2/c14-12-3-1-2-9(13(12)15)6-10(17)7-11-8-16-4-5-18-11/h1-3,11,16H,4-8H2. The molecular weight excluding hydrogens is 273 g/mol. The molecule has 0 aliphatic carbocycles. The number of hydrogen-bond acceptors (Lipinski definition) is 3. The summed E-state index contributed by atoms with van der Waals surface area (Å²) < 4.78 is 5.50. The minimum atomic E-state index is -0.0239. The summed E-state index contributed by atoms with van der Waals surface area (Å²) in [5, 5.41) is 4.15. The molecule has 1 heterocycles. The van der Waals surface area contributed by atoms with Gasteiger partial charge in [-0.2, -0.15) is 0 Å². The van der Waals surface area contributed by atoms with Crippen molar-refractivity contribution in [2.75, 3.05) is 19.7 Å². The van der Waals surface area contributed by atoms with E-state index in [0.717, 1.165) is 18.7 Å². The van der Waals surface area contributed by atoms with Crippen LogP contribution in [0.3, 0.4) is 0 Å². The van der Waals surface area contributed by atoms with Crippen LogP contribution in [0.2, 0.25) is 10.0 Å². The van der Waals surface area contributed by atoms with Crippen molar-refractivity contribution in [3.63, 3.8) is 0 Å². The fraction of sp³-hybridized carbons (Fsp3) is 0.462. The third kappa shape index (κ3) is 3.69. The Balaban J connectivity index is 1.92. The third-order valence-corrected chi connectivity index (χ3v) is 3.74. The lowest BCUT2D eigenvalue weighted by Gasteiger charge is -2.23. The molecule has 1 N–H and O–H groups in total. The highest BCUT2D eigenvalue weighted by atomic mass is 35.5. The van der Waals surface area contributed by atoms with E-state index >= 15 is 0 Å². The Labute approximate surface area is 116 Å².